The summed E-state index contributed by atoms with van der Waals surface area (Å²) in [6.07, 6.45) is 2.23. The molecule has 1 aromatic rings. The van der Waals surface area contributed by atoms with Crippen LogP contribution in [0.2, 0.25) is 0 Å². The minimum absolute atomic E-state index is 0.0113. The number of nitrogens with two attached hydrogens (primary N) is 2. The van der Waals surface area contributed by atoms with Crippen molar-refractivity contribution in [2.45, 2.75) is 25.8 Å². The van der Waals surface area contributed by atoms with Gasteiger partial charge in [-0.3, -0.25) is 0 Å². The Labute approximate surface area is 79.9 Å². The van der Waals surface area contributed by atoms with Crippen LogP contribution in [-0.4, -0.2) is 6.54 Å². The summed E-state index contributed by atoms with van der Waals surface area (Å²) in [5, 5.41) is 0. The quantitative estimate of drug-likeness (QED) is 0.735. The minimum Gasteiger partial charge on any atom is -0.329 e. The van der Waals surface area contributed by atoms with Crippen LogP contribution in [0.1, 0.15) is 30.5 Å². The van der Waals surface area contributed by atoms with Gasteiger partial charge in [0.2, 0.25) is 0 Å². The lowest BCUT2D eigenvalue weighted by Crippen LogP contribution is -2.22. The highest BCUT2D eigenvalue weighted by atomic mass is 14.7. The molecular weight excluding hydrogens is 160 g/mol. The summed E-state index contributed by atoms with van der Waals surface area (Å²) in [4.78, 5) is 0. The van der Waals surface area contributed by atoms with Gasteiger partial charge in [-0.1, -0.05) is 37.6 Å². The second-order valence-corrected chi connectivity index (χ2v) is 3.29. The third-order valence-electron chi connectivity index (χ3n) is 2.23. The summed E-state index contributed by atoms with van der Waals surface area (Å²) < 4.78 is 0. The Morgan fingerprint density at radius 3 is 2.62 bits per heavy atom. The Kier molecular flexibility index (Phi) is 3.93. The van der Waals surface area contributed by atoms with Gasteiger partial charge in [0, 0.05) is 12.6 Å². The highest BCUT2D eigenvalue weighted by Crippen LogP contribution is 2.16. The van der Waals surface area contributed by atoms with E-state index in [1.54, 1.807) is 0 Å². The van der Waals surface area contributed by atoms with Crippen LogP contribution in [0, 0.1) is 0 Å². The standard InChI is InChI=1S/C11H18N2/c1-2-5-9-6-3-4-7-10(9)11(13)8-12/h3-4,6-7,11H,2,5,8,12-13H2,1H3. The van der Waals surface area contributed by atoms with E-state index in [-0.39, 0.29) is 6.04 Å². The Morgan fingerprint density at radius 1 is 1.31 bits per heavy atom. The molecule has 2 heteroatoms. The molecule has 13 heavy (non-hydrogen) atoms. The van der Waals surface area contributed by atoms with Crippen LogP contribution >= 0.6 is 0 Å². The Balaban J connectivity index is 2.90. The fourth-order valence-corrected chi connectivity index (χ4v) is 1.52. The molecule has 0 saturated heterocycles. The van der Waals surface area contributed by atoms with Gasteiger partial charge in [-0.25, -0.2) is 0 Å². The minimum atomic E-state index is -0.0113. The molecule has 0 heterocycles. The predicted molar refractivity (Wildman–Crippen MR) is 56.4 cm³/mol. The van der Waals surface area contributed by atoms with Crippen molar-refractivity contribution in [1.82, 2.24) is 0 Å². The first-order valence-corrected chi connectivity index (χ1v) is 4.83. The molecule has 0 saturated carbocycles. The first-order valence-electron chi connectivity index (χ1n) is 4.83. The van der Waals surface area contributed by atoms with Crippen molar-refractivity contribution in [3.8, 4) is 0 Å². The van der Waals surface area contributed by atoms with E-state index in [1.165, 1.54) is 11.1 Å². The first kappa shape index (κ1) is 10.2. The molecular formula is C11H18N2. The van der Waals surface area contributed by atoms with E-state index in [1.807, 2.05) is 6.07 Å². The molecule has 4 N–H and O–H groups in total. The largest absolute Gasteiger partial charge is 0.329 e. The van der Waals surface area contributed by atoms with E-state index in [9.17, 15) is 0 Å². The fraction of sp³-hybridized carbons (Fsp3) is 0.455. The normalized spacial score (nSPS) is 12.8. The van der Waals surface area contributed by atoms with Crippen molar-refractivity contribution in [3.63, 3.8) is 0 Å². The molecule has 0 spiro atoms. The van der Waals surface area contributed by atoms with Gasteiger partial charge in [0.05, 0.1) is 0 Å². The molecule has 1 unspecified atom stereocenters. The van der Waals surface area contributed by atoms with Gasteiger partial charge in [0.1, 0.15) is 0 Å². The molecule has 1 aromatic carbocycles. The van der Waals surface area contributed by atoms with Gasteiger partial charge >= 0.3 is 0 Å². The van der Waals surface area contributed by atoms with Crippen molar-refractivity contribution in [2.24, 2.45) is 11.5 Å². The van der Waals surface area contributed by atoms with Crippen LogP contribution in [-0.2, 0) is 6.42 Å². The first-order chi connectivity index (χ1) is 6.29. The third-order valence-corrected chi connectivity index (χ3v) is 2.23. The molecule has 2 nitrogen and oxygen atoms in total. The highest BCUT2D eigenvalue weighted by molar-refractivity contribution is 5.30. The lowest BCUT2D eigenvalue weighted by molar-refractivity contribution is 0.721. The smallest absolute Gasteiger partial charge is 0.0422 e. The van der Waals surface area contributed by atoms with Gasteiger partial charge in [-0.05, 0) is 17.5 Å². The number of aryl methyl sites for hydroxylation is 1. The van der Waals surface area contributed by atoms with Crippen molar-refractivity contribution < 1.29 is 0 Å². The van der Waals surface area contributed by atoms with E-state index in [0.29, 0.717) is 6.54 Å². The lowest BCUT2D eigenvalue weighted by atomic mass is 9.98. The maximum absolute atomic E-state index is 5.90. The Bertz CT molecular complexity index is 258. The van der Waals surface area contributed by atoms with E-state index < -0.39 is 0 Å². The summed E-state index contributed by atoms with van der Waals surface area (Å²) in [5.74, 6) is 0. The summed E-state index contributed by atoms with van der Waals surface area (Å²) in [6, 6.07) is 8.27. The second-order valence-electron chi connectivity index (χ2n) is 3.29. The van der Waals surface area contributed by atoms with Crippen LogP contribution in [0.25, 0.3) is 0 Å². The second kappa shape index (κ2) is 5.00. The Hall–Kier alpha value is -0.860. The fourth-order valence-electron chi connectivity index (χ4n) is 1.52. The monoisotopic (exact) mass is 178 g/mol. The summed E-state index contributed by atoms with van der Waals surface area (Å²) in [5.41, 5.74) is 14.0. The maximum Gasteiger partial charge on any atom is 0.0422 e. The van der Waals surface area contributed by atoms with E-state index >= 15 is 0 Å². The molecule has 0 amide bonds. The summed E-state index contributed by atoms with van der Waals surface area (Å²) in [7, 11) is 0. The van der Waals surface area contributed by atoms with Gasteiger partial charge < -0.3 is 11.5 Å². The molecule has 0 fully saturated rings. The molecule has 72 valence electrons. The molecule has 0 aliphatic rings. The van der Waals surface area contributed by atoms with Crippen LogP contribution in [0.15, 0.2) is 24.3 Å². The topological polar surface area (TPSA) is 52.0 Å². The SMILES string of the molecule is CCCc1ccccc1C(N)CN. The van der Waals surface area contributed by atoms with Crippen molar-refractivity contribution in [2.75, 3.05) is 6.54 Å². The molecule has 0 aromatic heterocycles. The van der Waals surface area contributed by atoms with Crippen LogP contribution in [0.3, 0.4) is 0 Å². The van der Waals surface area contributed by atoms with Crippen molar-refractivity contribution >= 4 is 0 Å². The summed E-state index contributed by atoms with van der Waals surface area (Å²) >= 11 is 0. The van der Waals surface area contributed by atoms with Crippen molar-refractivity contribution in [3.05, 3.63) is 35.4 Å². The maximum atomic E-state index is 5.90. The number of hydrogen-bond donors (Lipinski definition) is 2. The molecule has 0 radical (unpaired) electrons. The Morgan fingerprint density at radius 2 is 2.00 bits per heavy atom. The molecule has 1 rings (SSSR count). The number of hydrogen-bond acceptors (Lipinski definition) is 2. The molecule has 1 atom stereocenters. The average Bonchev–Trinajstić information content (AvgIpc) is 2.18. The van der Waals surface area contributed by atoms with E-state index in [4.69, 9.17) is 11.5 Å². The van der Waals surface area contributed by atoms with E-state index in [2.05, 4.69) is 25.1 Å². The number of rotatable bonds is 4. The zero-order valence-corrected chi connectivity index (χ0v) is 8.16. The van der Waals surface area contributed by atoms with Gasteiger partial charge in [0.25, 0.3) is 0 Å². The van der Waals surface area contributed by atoms with Gasteiger partial charge in [-0.15, -0.1) is 0 Å². The number of benzene rings is 1. The van der Waals surface area contributed by atoms with E-state index in [0.717, 1.165) is 12.8 Å². The van der Waals surface area contributed by atoms with Gasteiger partial charge in [0.15, 0.2) is 0 Å². The zero-order valence-electron chi connectivity index (χ0n) is 8.16. The van der Waals surface area contributed by atoms with Crippen LogP contribution in [0.4, 0.5) is 0 Å². The lowest BCUT2D eigenvalue weighted by Gasteiger charge is -2.13. The predicted octanol–water partition coefficient (Wildman–Crippen LogP) is 1.60. The molecule has 0 aliphatic heterocycles. The molecule has 0 bridgehead atoms. The summed E-state index contributed by atoms with van der Waals surface area (Å²) in [6.45, 7) is 2.69. The third kappa shape index (κ3) is 2.54. The molecule has 0 aliphatic carbocycles. The van der Waals surface area contributed by atoms with Gasteiger partial charge in [-0.2, -0.15) is 0 Å². The van der Waals surface area contributed by atoms with Crippen LogP contribution < -0.4 is 11.5 Å². The zero-order chi connectivity index (χ0) is 9.68. The average molecular weight is 178 g/mol. The van der Waals surface area contributed by atoms with Crippen LogP contribution in [0.5, 0.6) is 0 Å². The van der Waals surface area contributed by atoms with Crippen molar-refractivity contribution in [1.29, 1.82) is 0 Å². The highest BCUT2D eigenvalue weighted by Gasteiger charge is 2.07.